The van der Waals surface area contributed by atoms with Crippen LogP contribution in [0.25, 0.3) is 23.0 Å². The number of hydrogen-bond donors (Lipinski definition) is 0. The number of rotatable bonds is 10. The van der Waals surface area contributed by atoms with Crippen LogP contribution in [-0.4, -0.2) is 38.1 Å². The minimum absolute atomic E-state index is 0.0271. The van der Waals surface area contributed by atoms with Gasteiger partial charge in [0.25, 0.3) is 5.91 Å². The van der Waals surface area contributed by atoms with Crippen molar-refractivity contribution >= 4 is 40.3 Å². The Morgan fingerprint density at radius 1 is 1.11 bits per heavy atom. The van der Waals surface area contributed by atoms with E-state index in [1.807, 2.05) is 71.6 Å². The molecule has 3 aromatic rings. The number of unbranched alkanes of at least 4 members (excludes halogenated alkanes) is 1. The molecule has 0 unspecified atom stereocenters. The van der Waals surface area contributed by atoms with Crippen molar-refractivity contribution in [3.05, 3.63) is 71.3 Å². The van der Waals surface area contributed by atoms with Gasteiger partial charge in [0, 0.05) is 23.9 Å². The average molecular weight is 506 g/mol. The summed E-state index contributed by atoms with van der Waals surface area (Å²) in [6, 6.07) is 18.0. The summed E-state index contributed by atoms with van der Waals surface area (Å²) in [4.78, 5) is 15.4. The Balaban J connectivity index is 1.66. The number of aromatic nitrogens is 2. The lowest BCUT2D eigenvalue weighted by atomic mass is 10.1. The highest BCUT2D eigenvalue weighted by atomic mass is 32.2. The smallest absolute Gasteiger partial charge is 0.266 e. The molecule has 0 bridgehead atoms. The molecule has 0 radical (unpaired) electrons. The molecule has 4 rings (SSSR count). The van der Waals surface area contributed by atoms with Gasteiger partial charge >= 0.3 is 0 Å². The minimum Gasteiger partial charge on any atom is -0.494 e. The highest BCUT2D eigenvalue weighted by Gasteiger charge is 2.31. The van der Waals surface area contributed by atoms with Crippen molar-refractivity contribution in [3.8, 4) is 22.7 Å². The van der Waals surface area contributed by atoms with Gasteiger partial charge in [-0.25, -0.2) is 4.68 Å². The lowest BCUT2D eigenvalue weighted by Gasteiger charge is -2.12. The summed E-state index contributed by atoms with van der Waals surface area (Å²) in [5, 5.41) is 4.88. The normalized spacial score (nSPS) is 15.0. The van der Waals surface area contributed by atoms with Crippen molar-refractivity contribution in [1.82, 2.24) is 14.7 Å². The van der Waals surface area contributed by atoms with Crippen molar-refractivity contribution in [2.24, 2.45) is 5.92 Å². The van der Waals surface area contributed by atoms with Crippen LogP contribution in [0.3, 0.4) is 0 Å². The van der Waals surface area contributed by atoms with Gasteiger partial charge in [-0.1, -0.05) is 69.4 Å². The molecule has 1 amide bonds. The van der Waals surface area contributed by atoms with Gasteiger partial charge in [0.15, 0.2) is 0 Å². The molecule has 2 heterocycles. The molecule has 0 N–H and O–H groups in total. The van der Waals surface area contributed by atoms with Crippen LogP contribution in [0, 0.1) is 5.92 Å². The van der Waals surface area contributed by atoms with Gasteiger partial charge < -0.3 is 4.74 Å². The monoisotopic (exact) mass is 505 g/mol. The Bertz CT molecular complexity index is 1200. The second-order valence-electron chi connectivity index (χ2n) is 8.96. The molecule has 1 aliphatic heterocycles. The molecule has 182 valence electrons. The van der Waals surface area contributed by atoms with Crippen LogP contribution < -0.4 is 4.74 Å². The standard InChI is InChI=1S/C28H31N3O2S2/c1-4-5-16-30-27(32)25(35-28(30)34)18-22-19-31(23-9-7-6-8-10-23)29-26(22)21-11-13-24(14-12-21)33-17-15-20(2)3/h6-14,18-20H,4-5,15-17H2,1-3H3/b25-18-. The van der Waals surface area contributed by atoms with E-state index in [9.17, 15) is 4.79 Å². The molecule has 1 aromatic heterocycles. The zero-order valence-electron chi connectivity index (χ0n) is 20.4. The van der Waals surface area contributed by atoms with Crippen LogP contribution in [0.2, 0.25) is 0 Å². The first-order valence-corrected chi connectivity index (χ1v) is 13.3. The molecule has 0 saturated carbocycles. The fraction of sp³-hybridized carbons (Fsp3) is 0.321. The van der Waals surface area contributed by atoms with Crippen LogP contribution >= 0.6 is 24.0 Å². The number of hydrogen-bond acceptors (Lipinski definition) is 5. The fourth-order valence-electron chi connectivity index (χ4n) is 3.70. The molecule has 7 heteroatoms. The summed E-state index contributed by atoms with van der Waals surface area (Å²) >= 11 is 6.85. The molecule has 35 heavy (non-hydrogen) atoms. The van der Waals surface area contributed by atoms with Gasteiger partial charge in [-0.3, -0.25) is 9.69 Å². The third-order valence-electron chi connectivity index (χ3n) is 5.75. The maximum absolute atomic E-state index is 13.0. The topological polar surface area (TPSA) is 47.4 Å². The van der Waals surface area contributed by atoms with Crippen molar-refractivity contribution in [2.45, 2.75) is 40.0 Å². The highest BCUT2D eigenvalue weighted by Crippen LogP contribution is 2.35. The fourth-order valence-corrected chi connectivity index (χ4v) is 5.00. The Morgan fingerprint density at radius 3 is 2.54 bits per heavy atom. The largest absolute Gasteiger partial charge is 0.494 e. The van der Waals surface area contributed by atoms with E-state index in [0.29, 0.717) is 28.3 Å². The number of nitrogens with zero attached hydrogens (tertiary/aromatic N) is 3. The van der Waals surface area contributed by atoms with Gasteiger partial charge in [0.05, 0.1) is 22.9 Å². The van der Waals surface area contributed by atoms with Crippen molar-refractivity contribution in [2.75, 3.05) is 13.2 Å². The first kappa shape index (κ1) is 25.2. The summed E-state index contributed by atoms with van der Waals surface area (Å²) in [5.74, 6) is 1.42. The molecule has 1 saturated heterocycles. The summed E-state index contributed by atoms with van der Waals surface area (Å²) in [5.41, 5.74) is 3.60. The third-order valence-corrected chi connectivity index (χ3v) is 7.13. The van der Waals surface area contributed by atoms with Crippen molar-refractivity contribution in [1.29, 1.82) is 0 Å². The molecule has 1 aliphatic rings. The van der Waals surface area contributed by atoms with E-state index >= 15 is 0 Å². The Hall–Kier alpha value is -2.90. The van der Waals surface area contributed by atoms with Gasteiger partial charge in [-0.2, -0.15) is 5.10 Å². The number of benzene rings is 2. The van der Waals surface area contributed by atoms with Crippen LogP contribution in [0.4, 0.5) is 0 Å². The summed E-state index contributed by atoms with van der Waals surface area (Å²) in [6.45, 7) is 7.85. The number of carbonyl (C=O) groups is 1. The lowest BCUT2D eigenvalue weighted by molar-refractivity contribution is -0.122. The van der Waals surface area contributed by atoms with E-state index in [4.69, 9.17) is 22.1 Å². The number of amides is 1. The maximum Gasteiger partial charge on any atom is 0.266 e. The number of thiocarbonyl (C=S) groups is 1. The van der Waals surface area contributed by atoms with E-state index in [1.165, 1.54) is 11.8 Å². The molecule has 0 aliphatic carbocycles. The zero-order valence-corrected chi connectivity index (χ0v) is 22.1. The average Bonchev–Trinajstić information content (AvgIpc) is 3.39. The Kier molecular flexibility index (Phi) is 8.42. The Morgan fingerprint density at radius 2 is 1.86 bits per heavy atom. The molecule has 2 aromatic carbocycles. The van der Waals surface area contributed by atoms with Gasteiger partial charge in [-0.05, 0) is 61.2 Å². The van der Waals surface area contributed by atoms with Gasteiger partial charge in [-0.15, -0.1) is 0 Å². The molecular weight excluding hydrogens is 474 g/mol. The number of ether oxygens (including phenoxy) is 1. The zero-order chi connectivity index (χ0) is 24.8. The third kappa shape index (κ3) is 6.21. The van der Waals surface area contributed by atoms with Crippen LogP contribution in [-0.2, 0) is 4.79 Å². The predicted molar refractivity (Wildman–Crippen MR) is 149 cm³/mol. The van der Waals surface area contributed by atoms with Crippen LogP contribution in [0.1, 0.15) is 45.6 Å². The quantitative estimate of drug-likeness (QED) is 0.220. The van der Waals surface area contributed by atoms with E-state index in [-0.39, 0.29) is 5.91 Å². The summed E-state index contributed by atoms with van der Waals surface area (Å²) in [6.07, 6.45) is 6.85. The molecular formula is C28H31N3O2S2. The summed E-state index contributed by atoms with van der Waals surface area (Å²) < 4.78 is 8.36. The molecule has 0 spiro atoms. The molecule has 0 atom stereocenters. The van der Waals surface area contributed by atoms with Gasteiger partial charge in [0.1, 0.15) is 10.1 Å². The second-order valence-corrected chi connectivity index (χ2v) is 10.6. The SMILES string of the molecule is CCCCN1C(=O)/C(=C/c2cn(-c3ccccc3)nc2-c2ccc(OCCC(C)C)cc2)SC1=S. The van der Waals surface area contributed by atoms with E-state index in [2.05, 4.69) is 20.8 Å². The first-order chi connectivity index (χ1) is 17.0. The molecule has 5 nitrogen and oxygen atoms in total. The maximum atomic E-state index is 13.0. The van der Waals surface area contributed by atoms with Crippen molar-refractivity contribution < 1.29 is 9.53 Å². The number of carbonyl (C=O) groups excluding carboxylic acids is 1. The number of para-hydroxylation sites is 1. The second kappa shape index (κ2) is 11.7. The number of thioether (sulfide) groups is 1. The first-order valence-electron chi connectivity index (χ1n) is 12.1. The lowest BCUT2D eigenvalue weighted by Crippen LogP contribution is -2.28. The van der Waals surface area contributed by atoms with E-state index in [0.717, 1.165) is 47.5 Å². The van der Waals surface area contributed by atoms with Crippen molar-refractivity contribution in [3.63, 3.8) is 0 Å². The van der Waals surface area contributed by atoms with Crippen LogP contribution in [0.5, 0.6) is 5.75 Å². The highest BCUT2D eigenvalue weighted by molar-refractivity contribution is 8.26. The van der Waals surface area contributed by atoms with E-state index in [1.54, 1.807) is 4.90 Å². The minimum atomic E-state index is -0.0271. The Labute approximate surface area is 217 Å². The van der Waals surface area contributed by atoms with Gasteiger partial charge in [0.2, 0.25) is 0 Å². The van der Waals surface area contributed by atoms with Crippen LogP contribution in [0.15, 0.2) is 65.7 Å². The molecule has 1 fully saturated rings. The predicted octanol–water partition coefficient (Wildman–Crippen LogP) is 6.97. The van der Waals surface area contributed by atoms with E-state index < -0.39 is 0 Å². The summed E-state index contributed by atoms with van der Waals surface area (Å²) in [7, 11) is 0.